The summed E-state index contributed by atoms with van der Waals surface area (Å²) in [5.41, 5.74) is 0. The Balaban J connectivity index is 2.69. The first-order valence-corrected chi connectivity index (χ1v) is 5.83. The lowest BCUT2D eigenvalue weighted by Gasteiger charge is -2.01. The van der Waals surface area contributed by atoms with E-state index in [9.17, 15) is 0 Å². The Labute approximate surface area is 84.9 Å². The van der Waals surface area contributed by atoms with Gasteiger partial charge in [-0.2, -0.15) is 0 Å². The highest BCUT2D eigenvalue weighted by Gasteiger charge is 1.89. The van der Waals surface area contributed by atoms with Crippen LogP contribution in [0.2, 0.25) is 0 Å². The topological polar surface area (TPSA) is 18.5 Å². The first-order chi connectivity index (χ1) is 5.41. The zero-order valence-corrected chi connectivity index (χ0v) is 9.56. The zero-order valence-electron chi connectivity index (χ0n) is 6.39. The Morgan fingerprint density at radius 3 is 1.73 bits per heavy atom. The van der Waals surface area contributed by atoms with E-state index < -0.39 is 0 Å². The van der Waals surface area contributed by atoms with Crippen LogP contribution in [-0.2, 0) is 9.47 Å². The molecule has 0 aromatic rings. The molecule has 4 heteroatoms. The molecule has 0 heterocycles. The minimum Gasteiger partial charge on any atom is -0.348 e. The summed E-state index contributed by atoms with van der Waals surface area (Å²) in [6, 6.07) is 0. The van der Waals surface area contributed by atoms with Gasteiger partial charge >= 0.3 is 0 Å². The molecule has 0 aliphatic carbocycles. The summed E-state index contributed by atoms with van der Waals surface area (Å²) in [7, 11) is 0. The number of ether oxygens (including phenoxy) is 2. The highest BCUT2D eigenvalue weighted by Crippen LogP contribution is 1.94. The molecule has 67 valence electrons. The van der Waals surface area contributed by atoms with Gasteiger partial charge in [0, 0.05) is 10.7 Å². The Morgan fingerprint density at radius 1 is 0.909 bits per heavy atom. The van der Waals surface area contributed by atoms with Crippen LogP contribution in [0.3, 0.4) is 0 Å². The van der Waals surface area contributed by atoms with E-state index in [1.165, 1.54) is 6.79 Å². The maximum atomic E-state index is 5.03. The standard InChI is InChI=1S/C7H13Br2O2/c8-3-1-5-10-7-11-6-2-4-9/h7H,1-6H2. The van der Waals surface area contributed by atoms with Gasteiger partial charge < -0.3 is 9.47 Å². The summed E-state index contributed by atoms with van der Waals surface area (Å²) in [5.74, 6) is 0. The maximum absolute atomic E-state index is 5.03. The summed E-state index contributed by atoms with van der Waals surface area (Å²) >= 11 is 6.61. The fourth-order valence-corrected chi connectivity index (χ4v) is 0.878. The summed E-state index contributed by atoms with van der Waals surface area (Å²) in [6.07, 6.45) is 2.02. The van der Waals surface area contributed by atoms with E-state index in [-0.39, 0.29) is 0 Å². The molecule has 0 saturated heterocycles. The third kappa shape index (κ3) is 10.9. The number of alkyl halides is 2. The molecule has 0 amide bonds. The van der Waals surface area contributed by atoms with Crippen LogP contribution < -0.4 is 0 Å². The second kappa shape index (κ2) is 10.9. The number of rotatable bonds is 8. The van der Waals surface area contributed by atoms with E-state index in [0.29, 0.717) is 0 Å². The zero-order chi connectivity index (χ0) is 8.36. The maximum Gasteiger partial charge on any atom is 0.209 e. The molecule has 1 radical (unpaired) electrons. The second-order valence-electron chi connectivity index (χ2n) is 1.92. The van der Waals surface area contributed by atoms with E-state index in [1.807, 2.05) is 0 Å². The van der Waals surface area contributed by atoms with Crippen molar-refractivity contribution in [3.05, 3.63) is 6.79 Å². The average molecular weight is 289 g/mol. The fraction of sp³-hybridized carbons (Fsp3) is 0.857. The van der Waals surface area contributed by atoms with E-state index in [1.54, 1.807) is 0 Å². The van der Waals surface area contributed by atoms with Crippen molar-refractivity contribution >= 4 is 31.9 Å². The molecule has 0 aliphatic rings. The Hall–Kier alpha value is 0.880. The fourth-order valence-electron chi connectivity index (χ4n) is 0.420. The van der Waals surface area contributed by atoms with Gasteiger partial charge in [-0.3, -0.25) is 0 Å². The molecule has 0 N–H and O–H groups in total. The largest absolute Gasteiger partial charge is 0.348 e. The normalized spacial score (nSPS) is 10.4. The van der Waals surface area contributed by atoms with Gasteiger partial charge in [-0.05, 0) is 12.8 Å². The second-order valence-corrected chi connectivity index (χ2v) is 3.51. The van der Waals surface area contributed by atoms with Gasteiger partial charge in [0.15, 0.2) is 0 Å². The first kappa shape index (κ1) is 11.9. The van der Waals surface area contributed by atoms with E-state index >= 15 is 0 Å². The summed E-state index contributed by atoms with van der Waals surface area (Å²) in [6.45, 7) is 2.87. The van der Waals surface area contributed by atoms with Crippen molar-refractivity contribution in [2.24, 2.45) is 0 Å². The smallest absolute Gasteiger partial charge is 0.209 e. The SMILES string of the molecule is BrCCCO[CH]OCCCBr. The summed E-state index contributed by atoms with van der Waals surface area (Å²) in [4.78, 5) is 0. The lowest BCUT2D eigenvalue weighted by atomic mass is 10.5. The molecular weight excluding hydrogens is 276 g/mol. The molecule has 0 spiro atoms. The molecule has 0 bridgehead atoms. The monoisotopic (exact) mass is 287 g/mol. The first-order valence-electron chi connectivity index (χ1n) is 3.58. The predicted molar refractivity (Wildman–Crippen MR) is 53.0 cm³/mol. The highest BCUT2D eigenvalue weighted by atomic mass is 79.9. The number of hydrogen-bond donors (Lipinski definition) is 0. The van der Waals surface area contributed by atoms with Gasteiger partial charge in [0.05, 0.1) is 13.2 Å². The Bertz CT molecular complexity index is 63.5. The van der Waals surface area contributed by atoms with Gasteiger partial charge in [0.2, 0.25) is 6.79 Å². The van der Waals surface area contributed by atoms with Crippen molar-refractivity contribution in [1.29, 1.82) is 0 Å². The van der Waals surface area contributed by atoms with E-state index in [0.717, 1.165) is 36.7 Å². The van der Waals surface area contributed by atoms with Crippen molar-refractivity contribution in [2.45, 2.75) is 12.8 Å². The molecule has 0 aromatic carbocycles. The van der Waals surface area contributed by atoms with E-state index in [2.05, 4.69) is 31.9 Å². The van der Waals surface area contributed by atoms with Gasteiger partial charge in [-0.15, -0.1) is 0 Å². The van der Waals surface area contributed by atoms with Crippen molar-refractivity contribution in [3.8, 4) is 0 Å². The summed E-state index contributed by atoms with van der Waals surface area (Å²) < 4.78 is 10.1. The van der Waals surface area contributed by atoms with Crippen LogP contribution in [-0.4, -0.2) is 23.9 Å². The average Bonchev–Trinajstić information content (AvgIpc) is 2.03. The molecule has 0 saturated carbocycles. The molecular formula is C7H13Br2O2. The molecule has 2 nitrogen and oxygen atoms in total. The molecule has 11 heavy (non-hydrogen) atoms. The van der Waals surface area contributed by atoms with Crippen molar-refractivity contribution < 1.29 is 9.47 Å². The number of halogens is 2. The highest BCUT2D eigenvalue weighted by molar-refractivity contribution is 9.09. The van der Waals surface area contributed by atoms with Gasteiger partial charge in [0.1, 0.15) is 0 Å². The van der Waals surface area contributed by atoms with Crippen LogP contribution in [0, 0.1) is 6.79 Å². The quantitative estimate of drug-likeness (QED) is 0.505. The Morgan fingerprint density at radius 2 is 1.36 bits per heavy atom. The molecule has 0 fully saturated rings. The van der Waals surface area contributed by atoms with Crippen LogP contribution >= 0.6 is 31.9 Å². The van der Waals surface area contributed by atoms with Crippen molar-refractivity contribution in [2.75, 3.05) is 23.9 Å². The third-order valence-corrected chi connectivity index (χ3v) is 2.05. The Kier molecular flexibility index (Phi) is 11.8. The van der Waals surface area contributed by atoms with Crippen LogP contribution in [0.25, 0.3) is 0 Å². The van der Waals surface area contributed by atoms with Gasteiger partial charge in [0.25, 0.3) is 0 Å². The van der Waals surface area contributed by atoms with Gasteiger partial charge in [-0.25, -0.2) is 0 Å². The minimum absolute atomic E-state index is 0.722. The van der Waals surface area contributed by atoms with Crippen LogP contribution in [0.15, 0.2) is 0 Å². The number of hydrogen-bond acceptors (Lipinski definition) is 2. The molecule has 0 atom stereocenters. The lowest BCUT2D eigenvalue weighted by Crippen LogP contribution is -1.98. The third-order valence-electron chi connectivity index (χ3n) is 0.928. The predicted octanol–water partition coefficient (Wildman–Crippen LogP) is 2.71. The molecule has 0 rings (SSSR count). The molecule has 0 aliphatic heterocycles. The molecule has 0 aromatic heterocycles. The van der Waals surface area contributed by atoms with Crippen LogP contribution in [0.5, 0.6) is 0 Å². The lowest BCUT2D eigenvalue weighted by molar-refractivity contribution is 0.0218. The van der Waals surface area contributed by atoms with Crippen LogP contribution in [0.1, 0.15) is 12.8 Å². The summed E-state index contributed by atoms with van der Waals surface area (Å²) in [5, 5.41) is 1.95. The van der Waals surface area contributed by atoms with E-state index in [4.69, 9.17) is 9.47 Å². The minimum atomic E-state index is 0.722. The van der Waals surface area contributed by atoms with Crippen molar-refractivity contribution in [3.63, 3.8) is 0 Å². The van der Waals surface area contributed by atoms with Crippen LogP contribution in [0.4, 0.5) is 0 Å². The van der Waals surface area contributed by atoms with Gasteiger partial charge in [-0.1, -0.05) is 31.9 Å². The van der Waals surface area contributed by atoms with Crippen molar-refractivity contribution in [1.82, 2.24) is 0 Å². The molecule has 0 unspecified atom stereocenters.